The van der Waals surface area contributed by atoms with Crippen LogP contribution in [0.2, 0.25) is 0 Å². The lowest BCUT2D eigenvalue weighted by Crippen LogP contribution is -1.90. The molecular formula is C42H26. The van der Waals surface area contributed by atoms with Crippen LogP contribution in [-0.2, 0) is 0 Å². The predicted molar refractivity (Wildman–Crippen MR) is 182 cm³/mol. The first-order valence-corrected chi connectivity index (χ1v) is 14.6. The van der Waals surface area contributed by atoms with E-state index >= 15 is 0 Å². The van der Waals surface area contributed by atoms with E-state index in [0.717, 1.165) is 0 Å². The summed E-state index contributed by atoms with van der Waals surface area (Å²) < 4.78 is 0. The Bertz CT molecular complexity index is 2480. The molecule has 0 heteroatoms. The van der Waals surface area contributed by atoms with E-state index in [9.17, 15) is 0 Å². The van der Waals surface area contributed by atoms with Gasteiger partial charge in [0.1, 0.15) is 0 Å². The molecule has 0 atom stereocenters. The molecule has 0 aliphatic rings. The Kier molecular flexibility index (Phi) is 5.00. The fourth-order valence-corrected chi connectivity index (χ4v) is 7.13. The van der Waals surface area contributed by atoms with Gasteiger partial charge in [-0.05, 0) is 105 Å². The molecule has 42 heavy (non-hydrogen) atoms. The largest absolute Gasteiger partial charge is 0.0622 e. The number of benzene rings is 9. The van der Waals surface area contributed by atoms with Crippen molar-refractivity contribution in [3.8, 4) is 22.3 Å². The zero-order valence-electron chi connectivity index (χ0n) is 23.0. The van der Waals surface area contributed by atoms with Gasteiger partial charge in [-0.15, -0.1) is 0 Å². The Balaban J connectivity index is 1.48. The van der Waals surface area contributed by atoms with Gasteiger partial charge in [0.2, 0.25) is 0 Å². The van der Waals surface area contributed by atoms with Gasteiger partial charge in [-0.2, -0.15) is 0 Å². The van der Waals surface area contributed by atoms with Gasteiger partial charge in [0.25, 0.3) is 0 Å². The quantitative estimate of drug-likeness (QED) is 0.195. The SMILES string of the molecule is c1ccc(-c2cc3ccccc3cc2-c2ccc3c4ccccc4c4c5ccccc5c5ccccc5c4c3c2)cc1. The van der Waals surface area contributed by atoms with E-state index in [-0.39, 0.29) is 0 Å². The minimum atomic E-state index is 1.23. The Morgan fingerprint density at radius 1 is 0.238 bits per heavy atom. The first-order valence-electron chi connectivity index (χ1n) is 14.6. The van der Waals surface area contributed by atoms with Crippen molar-refractivity contribution in [2.45, 2.75) is 0 Å². The molecule has 0 aliphatic carbocycles. The molecule has 194 valence electrons. The van der Waals surface area contributed by atoms with E-state index in [1.165, 1.54) is 86.9 Å². The third-order valence-corrected chi connectivity index (χ3v) is 8.99. The van der Waals surface area contributed by atoms with Crippen LogP contribution in [0.5, 0.6) is 0 Å². The van der Waals surface area contributed by atoms with Crippen molar-refractivity contribution in [2.24, 2.45) is 0 Å². The molecule has 0 nitrogen and oxygen atoms in total. The highest BCUT2D eigenvalue weighted by Gasteiger charge is 2.17. The van der Waals surface area contributed by atoms with Crippen LogP contribution < -0.4 is 0 Å². The fourth-order valence-electron chi connectivity index (χ4n) is 7.13. The van der Waals surface area contributed by atoms with Crippen molar-refractivity contribution < 1.29 is 0 Å². The van der Waals surface area contributed by atoms with Gasteiger partial charge in [-0.1, -0.05) is 140 Å². The van der Waals surface area contributed by atoms with Gasteiger partial charge < -0.3 is 0 Å². The third kappa shape index (κ3) is 3.36. The molecule has 0 spiro atoms. The summed E-state index contributed by atoms with van der Waals surface area (Å²) in [7, 11) is 0. The minimum Gasteiger partial charge on any atom is -0.0622 e. The number of hydrogen-bond donors (Lipinski definition) is 0. The summed E-state index contributed by atoms with van der Waals surface area (Å²) in [5, 5.41) is 15.6. The molecule has 0 N–H and O–H groups in total. The highest BCUT2D eigenvalue weighted by Crippen LogP contribution is 2.45. The normalized spacial score (nSPS) is 11.8. The fraction of sp³-hybridized carbons (Fsp3) is 0. The molecule has 9 aromatic rings. The predicted octanol–water partition coefficient (Wildman–Crippen LogP) is 11.9. The molecule has 0 saturated heterocycles. The lowest BCUT2D eigenvalue weighted by atomic mass is 9.85. The van der Waals surface area contributed by atoms with Crippen molar-refractivity contribution in [1.82, 2.24) is 0 Å². The lowest BCUT2D eigenvalue weighted by molar-refractivity contribution is 1.62. The van der Waals surface area contributed by atoms with Crippen LogP contribution >= 0.6 is 0 Å². The van der Waals surface area contributed by atoms with Gasteiger partial charge in [0.15, 0.2) is 0 Å². The molecule has 0 radical (unpaired) electrons. The van der Waals surface area contributed by atoms with Crippen LogP contribution in [0.25, 0.3) is 86.9 Å². The van der Waals surface area contributed by atoms with Crippen LogP contribution in [0.3, 0.4) is 0 Å². The molecule has 0 bridgehead atoms. The Hall–Kier alpha value is -5.46. The highest BCUT2D eigenvalue weighted by molar-refractivity contribution is 6.39. The Morgan fingerprint density at radius 2 is 0.643 bits per heavy atom. The monoisotopic (exact) mass is 530 g/mol. The second-order valence-corrected chi connectivity index (χ2v) is 11.3. The molecule has 0 aromatic heterocycles. The maximum absolute atomic E-state index is 2.45. The summed E-state index contributed by atoms with van der Waals surface area (Å²) in [6, 6.07) is 58.1. The lowest BCUT2D eigenvalue weighted by Gasteiger charge is -2.18. The smallest absolute Gasteiger partial charge is 0.00137 e. The topological polar surface area (TPSA) is 0 Å². The van der Waals surface area contributed by atoms with E-state index in [2.05, 4.69) is 158 Å². The van der Waals surface area contributed by atoms with Crippen LogP contribution in [-0.4, -0.2) is 0 Å². The van der Waals surface area contributed by atoms with Crippen LogP contribution in [0.15, 0.2) is 158 Å². The van der Waals surface area contributed by atoms with E-state index in [0.29, 0.717) is 0 Å². The Morgan fingerprint density at radius 3 is 1.19 bits per heavy atom. The van der Waals surface area contributed by atoms with E-state index in [4.69, 9.17) is 0 Å². The second kappa shape index (κ2) is 9.03. The maximum atomic E-state index is 2.45. The number of hydrogen-bond acceptors (Lipinski definition) is 0. The molecule has 0 unspecified atom stereocenters. The average molecular weight is 531 g/mol. The second-order valence-electron chi connectivity index (χ2n) is 11.3. The summed E-state index contributed by atoms with van der Waals surface area (Å²) in [6.45, 7) is 0. The molecule has 9 rings (SSSR count). The van der Waals surface area contributed by atoms with Crippen molar-refractivity contribution in [3.05, 3.63) is 158 Å². The average Bonchev–Trinajstić information content (AvgIpc) is 3.07. The van der Waals surface area contributed by atoms with E-state index in [1.807, 2.05) is 0 Å². The van der Waals surface area contributed by atoms with Crippen molar-refractivity contribution >= 4 is 64.6 Å². The molecule has 0 heterocycles. The molecule has 0 saturated carbocycles. The van der Waals surface area contributed by atoms with Gasteiger partial charge in [0, 0.05) is 0 Å². The van der Waals surface area contributed by atoms with E-state index < -0.39 is 0 Å². The van der Waals surface area contributed by atoms with Crippen molar-refractivity contribution in [3.63, 3.8) is 0 Å². The summed E-state index contributed by atoms with van der Waals surface area (Å²) in [5.74, 6) is 0. The van der Waals surface area contributed by atoms with Gasteiger partial charge in [-0.25, -0.2) is 0 Å². The van der Waals surface area contributed by atoms with Crippen LogP contribution in [0.1, 0.15) is 0 Å². The van der Waals surface area contributed by atoms with Gasteiger partial charge in [0.05, 0.1) is 0 Å². The highest BCUT2D eigenvalue weighted by atomic mass is 14.2. The number of fused-ring (bicyclic) bond motifs is 12. The van der Waals surface area contributed by atoms with E-state index in [1.54, 1.807) is 0 Å². The van der Waals surface area contributed by atoms with Crippen LogP contribution in [0.4, 0.5) is 0 Å². The van der Waals surface area contributed by atoms with Crippen LogP contribution in [0, 0.1) is 0 Å². The molecule has 9 aromatic carbocycles. The molecule has 0 aliphatic heterocycles. The standard InChI is InChI=1S/C42H26/c1-2-12-27(13-3-1)38-24-28-14-4-5-15-29(28)25-39(38)30-22-23-34-33-18-8-10-20-36(33)41-35-19-9-6-16-31(35)32-17-7-11-21-37(32)42(41)40(34)26-30/h1-26H. The summed E-state index contributed by atoms with van der Waals surface area (Å²) in [4.78, 5) is 0. The summed E-state index contributed by atoms with van der Waals surface area (Å²) in [6.07, 6.45) is 0. The maximum Gasteiger partial charge on any atom is -0.00137 e. The zero-order valence-corrected chi connectivity index (χ0v) is 23.0. The summed E-state index contributed by atoms with van der Waals surface area (Å²) in [5.41, 5.74) is 4.99. The molecule has 0 fully saturated rings. The van der Waals surface area contributed by atoms with Crippen molar-refractivity contribution in [2.75, 3.05) is 0 Å². The number of rotatable bonds is 2. The molecular weight excluding hydrogens is 504 g/mol. The third-order valence-electron chi connectivity index (χ3n) is 8.99. The first-order chi connectivity index (χ1) is 20.8. The summed E-state index contributed by atoms with van der Waals surface area (Å²) >= 11 is 0. The Labute approximate surface area is 244 Å². The minimum absolute atomic E-state index is 1.23. The van der Waals surface area contributed by atoms with Crippen molar-refractivity contribution in [1.29, 1.82) is 0 Å². The first kappa shape index (κ1) is 23.3. The molecule has 0 amide bonds. The van der Waals surface area contributed by atoms with Gasteiger partial charge in [-0.3, -0.25) is 0 Å². The zero-order chi connectivity index (χ0) is 27.6. The van der Waals surface area contributed by atoms with Gasteiger partial charge >= 0.3 is 0 Å².